The maximum atomic E-state index is 5.78. The summed E-state index contributed by atoms with van der Waals surface area (Å²) in [5.74, 6) is 0. The number of rotatable bonds is 2. The lowest BCUT2D eigenvalue weighted by Gasteiger charge is -2.40. The van der Waals surface area contributed by atoms with E-state index in [9.17, 15) is 0 Å². The molecule has 3 nitrogen and oxygen atoms in total. The molecule has 0 aromatic carbocycles. The Labute approximate surface area is 98.8 Å². The fraction of sp³-hybridized carbons (Fsp3) is 0.846. The quantitative estimate of drug-likeness (QED) is 0.773. The standard InChI is InChI=1S/C13H24N2O/c1-10-8-15(9-11(2)16-10)13-6-4-5-12(7-13)14-3/h7,10-12,14H,4-6,8-9H2,1-3H3. The van der Waals surface area contributed by atoms with Crippen LogP contribution in [0.2, 0.25) is 0 Å². The Morgan fingerprint density at radius 2 is 2.00 bits per heavy atom. The maximum Gasteiger partial charge on any atom is 0.0726 e. The number of allylic oxidation sites excluding steroid dienone is 1. The molecule has 0 aromatic rings. The molecule has 0 saturated carbocycles. The molecule has 3 unspecified atom stereocenters. The highest BCUT2D eigenvalue weighted by Gasteiger charge is 2.25. The van der Waals surface area contributed by atoms with Crippen LogP contribution in [-0.4, -0.2) is 43.3 Å². The van der Waals surface area contributed by atoms with Crippen LogP contribution in [0.15, 0.2) is 11.8 Å². The first kappa shape index (κ1) is 11.9. The molecule has 0 aromatic heterocycles. The van der Waals surface area contributed by atoms with Crippen LogP contribution < -0.4 is 5.32 Å². The first-order valence-electron chi connectivity index (χ1n) is 6.47. The summed E-state index contributed by atoms with van der Waals surface area (Å²) in [4.78, 5) is 2.52. The van der Waals surface area contributed by atoms with Crippen LogP contribution in [-0.2, 0) is 4.74 Å². The smallest absolute Gasteiger partial charge is 0.0726 e. The molecule has 1 saturated heterocycles. The van der Waals surface area contributed by atoms with Crippen LogP contribution in [0, 0.1) is 0 Å². The number of likely N-dealkylation sites (N-methyl/N-ethyl adjacent to an activating group) is 1. The zero-order valence-corrected chi connectivity index (χ0v) is 10.7. The molecular formula is C13H24N2O. The van der Waals surface area contributed by atoms with Gasteiger partial charge in [0.15, 0.2) is 0 Å². The monoisotopic (exact) mass is 224 g/mol. The predicted molar refractivity (Wildman–Crippen MR) is 66.4 cm³/mol. The number of morpholine rings is 1. The van der Waals surface area contributed by atoms with Crippen molar-refractivity contribution in [3.8, 4) is 0 Å². The predicted octanol–water partition coefficient (Wildman–Crippen LogP) is 1.75. The third kappa shape index (κ3) is 2.77. The summed E-state index contributed by atoms with van der Waals surface area (Å²) in [5, 5.41) is 3.36. The second kappa shape index (κ2) is 5.19. The van der Waals surface area contributed by atoms with E-state index in [0.29, 0.717) is 18.2 Å². The molecule has 2 rings (SSSR count). The van der Waals surface area contributed by atoms with E-state index in [2.05, 4.69) is 37.2 Å². The van der Waals surface area contributed by atoms with E-state index in [4.69, 9.17) is 4.74 Å². The highest BCUT2D eigenvalue weighted by atomic mass is 16.5. The van der Waals surface area contributed by atoms with Gasteiger partial charge in [-0.15, -0.1) is 0 Å². The van der Waals surface area contributed by atoms with E-state index in [1.165, 1.54) is 25.0 Å². The highest BCUT2D eigenvalue weighted by Crippen LogP contribution is 2.24. The van der Waals surface area contributed by atoms with Gasteiger partial charge in [0.2, 0.25) is 0 Å². The molecule has 0 spiro atoms. The summed E-state index contributed by atoms with van der Waals surface area (Å²) >= 11 is 0. The minimum absolute atomic E-state index is 0.361. The molecule has 1 fully saturated rings. The SMILES string of the molecule is CNC1C=C(N2CC(C)OC(C)C2)CCC1. The zero-order valence-electron chi connectivity index (χ0n) is 10.7. The second-order valence-corrected chi connectivity index (χ2v) is 5.11. The van der Waals surface area contributed by atoms with Crippen molar-refractivity contribution in [2.24, 2.45) is 0 Å². The van der Waals surface area contributed by atoms with Crippen molar-refractivity contribution < 1.29 is 4.74 Å². The Balaban J connectivity index is 2.02. The Hall–Kier alpha value is -0.540. The van der Waals surface area contributed by atoms with Crippen molar-refractivity contribution in [2.75, 3.05) is 20.1 Å². The Morgan fingerprint density at radius 3 is 2.62 bits per heavy atom. The van der Waals surface area contributed by atoms with Crippen LogP contribution in [0.4, 0.5) is 0 Å². The molecule has 16 heavy (non-hydrogen) atoms. The van der Waals surface area contributed by atoms with Crippen LogP contribution in [0.5, 0.6) is 0 Å². The summed E-state index contributed by atoms with van der Waals surface area (Å²) in [6.07, 6.45) is 6.94. The van der Waals surface area contributed by atoms with E-state index in [1.807, 2.05) is 0 Å². The number of ether oxygens (including phenoxy) is 1. The molecule has 0 amide bonds. The second-order valence-electron chi connectivity index (χ2n) is 5.11. The van der Waals surface area contributed by atoms with Crippen LogP contribution in [0.1, 0.15) is 33.1 Å². The minimum atomic E-state index is 0.361. The topological polar surface area (TPSA) is 24.5 Å². The average Bonchev–Trinajstić information content (AvgIpc) is 2.28. The van der Waals surface area contributed by atoms with Crippen molar-refractivity contribution in [3.05, 3.63) is 11.8 Å². The molecular weight excluding hydrogens is 200 g/mol. The van der Waals surface area contributed by atoms with Gasteiger partial charge in [-0.25, -0.2) is 0 Å². The molecule has 0 radical (unpaired) electrons. The average molecular weight is 224 g/mol. The molecule has 2 aliphatic rings. The van der Waals surface area contributed by atoms with Crippen molar-refractivity contribution in [1.82, 2.24) is 10.2 Å². The third-order valence-electron chi connectivity index (χ3n) is 3.54. The summed E-state index contributed by atoms with van der Waals surface area (Å²) < 4.78 is 5.78. The minimum Gasteiger partial charge on any atom is -0.372 e. The molecule has 0 bridgehead atoms. The van der Waals surface area contributed by atoms with Gasteiger partial charge in [-0.1, -0.05) is 0 Å². The lowest BCUT2D eigenvalue weighted by Crippen LogP contribution is -2.45. The van der Waals surface area contributed by atoms with Gasteiger partial charge in [0.25, 0.3) is 0 Å². The van der Waals surface area contributed by atoms with Crippen LogP contribution in [0.25, 0.3) is 0 Å². The van der Waals surface area contributed by atoms with Gasteiger partial charge in [-0.2, -0.15) is 0 Å². The number of hydrogen-bond donors (Lipinski definition) is 1. The van der Waals surface area contributed by atoms with Gasteiger partial charge >= 0.3 is 0 Å². The van der Waals surface area contributed by atoms with Crippen molar-refractivity contribution in [2.45, 2.75) is 51.4 Å². The van der Waals surface area contributed by atoms with Crippen molar-refractivity contribution in [3.63, 3.8) is 0 Å². The summed E-state index contributed by atoms with van der Waals surface area (Å²) in [7, 11) is 2.05. The number of nitrogens with zero attached hydrogens (tertiary/aromatic N) is 1. The molecule has 1 N–H and O–H groups in total. The van der Waals surface area contributed by atoms with Gasteiger partial charge in [-0.3, -0.25) is 0 Å². The van der Waals surface area contributed by atoms with E-state index in [-0.39, 0.29) is 0 Å². The fourth-order valence-corrected chi connectivity index (χ4v) is 2.81. The Morgan fingerprint density at radius 1 is 1.31 bits per heavy atom. The molecule has 92 valence electrons. The van der Waals surface area contributed by atoms with Gasteiger partial charge in [0.05, 0.1) is 12.2 Å². The highest BCUT2D eigenvalue weighted by molar-refractivity contribution is 5.11. The van der Waals surface area contributed by atoms with Gasteiger partial charge in [0.1, 0.15) is 0 Å². The Kier molecular flexibility index (Phi) is 3.87. The van der Waals surface area contributed by atoms with Crippen LogP contribution >= 0.6 is 0 Å². The van der Waals surface area contributed by atoms with E-state index in [1.54, 1.807) is 0 Å². The van der Waals surface area contributed by atoms with E-state index in [0.717, 1.165) is 13.1 Å². The van der Waals surface area contributed by atoms with Gasteiger partial charge < -0.3 is 15.0 Å². The fourth-order valence-electron chi connectivity index (χ4n) is 2.81. The third-order valence-corrected chi connectivity index (χ3v) is 3.54. The van der Waals surface area contributed by atoms with Crippen molar-refractivity contribution >= 4 is 0 Å². The Bertz CT molecular complexity index is 255. The largest absolute Gasteiger partial charge is 0.372 e. The number of hydrogen-bond acceptors (Lipinski definition) is 3. The lowest BCUT2D eigenvalue weighted by atomic mass is 9.98. The zero-order chi connectivity index (χ0) is 11.5. The first-order valence-corrected chi connectivity index (χ1v) is 6.47. The van der Waals surface area contributed by atoms with E-state index < -0.39 is 0 Å². The van der Waals surface area contributed by atoms with Crippen LogP contribution in [0.3, 0.4) is 0 Å². The van der Waals surface area contributed by atoms with E-state index >= 15 is 0 Å². The normalized spacial score (nSPS) is 36.1. The molecule has 3 heteroatoms. The van der Waals surface area contributed by atoms with Gasteiger partial charge in [0, 0.05) is 24.8 Å². The maximum absolute atomic E-state index is 5.78. The van der Waals surface area contributed by atoms with Crippen molar-refractivity contribution in [1.29, 1.82) is 0 Å². The lowest BCUT2D eigenvalue weighted by molar-refractivity contribution is -0.0591. The number of nitrogens with one attached hydrogen (secondary N) is 1. The summed E-state index contributed by atoms with van der Waals surface area (Å²) in [6.45, 7) is 6.43. The molecule has 1 heterocycles. The summed E-state index contributed by atoms with van der Waals surface area (Å²) in [5.41, 5.74) is 1.52. The molecule has 3 atom stereocenters. The molecule has 1 aliphatic carbocycles. The molecule has 1 aliphatic heterocycles. The summed E-state index contributed by atoms with van der Waals surface area (Å²) in [6, 6.07) is 0.567. The van der Waals surface area contributed by atoms with Gasteiger partial charge in [-0.05, 0) is 46.2 Å². The first-order chi connectivity index (χ1) is 7.69.